The van der Waals surface area contributed by atoms with E-state index < -0.39 is 0 Å². The Labute approximate surface area is 104 Å². The monoisotopic (exact) mass is 288 g/mol. The summed E-state index contributed by atoms with van der Waals surface area (Å²) >= 11 is 9.23. The summed E-state index contributed by atoms with van der Waals surface area (Å²) in [5.41, 5.74) is 0. The van der Waals surface area contributed by atoms with Gasteiger partial charge in [0.15, 0.2) is 0 Å². The second-order valence-electron chi connectivity index (χ2n) is 3.21. The molecule has 0 radical (unpaired) electrons. The van der Waals surface area contributed by atoms with Gasteiger partial charge in [-0.15, -0.1) is 6.58 Å². The van der Waals surface area contributed by atoms with Crippen molar-refractivity contribution in [1.82, 2.24) is 0 Å². The van der Waals surface area contributed by atoms with E-state index in [1.54, 1.807) is 0 Å². The first-order valence-electron chi connectivity index (χ1n) is 4.93. The maximum Gasteiger partial charge on any atom is 0.133 e. The van der Waals surface area contributed by atoms with E-state index in [2.05, 4.69) is 22.5 Å². The van der Waals surface area contributed by atoms with Crippen molar-refractivity contribution in [1.29, 1.82) is 0 Å². The number of benzene rings is 1. The van der Waals surface area contributed by atoms with E-state index in [1.807, 2.05) is 24.3 Å². The van der Waals surface area contributed by atoms with Crippen LogP contribution in [-0.4, -0.2) is 6.61 Å². The minimum absolute atomic E-state index is 0.709. The van der Waals surface area contributed by atoms with Crippen molar-refractivity contribution in [2.75, 3.05) is 6.61 Å². The van der Waals surface area contributed by atoms with Crippen LogP contribution in [0.1, 0.15) is 19.3 Å². The van der Waals surface area contributed by atoms with Crippen molar-refractivity contribution in [2.45, 2.75) is 19.3 Å². The molecule has 0 atom stereocenters. The molecule has 0 aromatic heterocycles. The molecule has 0 amide bonds. The molecule has 0 bridgehead atoms. The quantitative estimate of drug-likeness (QED) is 0.538. The summed E-state index contributed by atoms with van der Waals surface area (Å²) in [4.78, 5) is 0. The Hall–Kier alpha value is -0.470. The summed E-state index contributed by atoms with van der Waals surface area (Å²) in [5.74, 6) is 0.845. The molecule has 15 heavy (non-hydrogen) atoms. The predicted octanol–water partition coefficient (Wildman–Crippen LogP) is 4.84. The van der Waals surface area contributed by atoms with Crippen LogP contribution in [0.4, 0.5) is 0 Å². The Morgan fingerprint density at radius 1 is 1.40 bits per heavy atom. The van der Waals surface area contributed by atoms with Crippen molar-refractivity contribution < 1.29 is 4.74 Å². The van der Waals surface area contributed by atoms with Gasteiger partial charge in [0, 0.05) is 5.02 Å². The molecule has 1 aromatic rings. The zero-order valence-electron chi connectivity index (χ0n) is 8.51. The lowest BCUT2D eigenvalue weighted by atomic mass is 10.2. The smallest absolute Gasteiger partial charge is 0.133 e. The normalized spacial score (nSPS) is 10.0. The summed E-state index contributed by atoms with van der Waals surface area (Å²) < 4.78 is 6.50. The number of rotatable bonds is 6. The van der Waals surface area contributed by atoms with Gasteiger partial charge in [0.1, 0.15) is 5.75 Å². The second kappa shape index (κ2) is 6.91. The third-order valence-corrected chi connectivity index (χ3v) is 2.81. The molecule has 0 saturated heterocycles. The minimum Gasteiger partial charge on any atom is -0.492 e. The Kier molecular flexibility index (Phi) is 5.81. The van der Waals surface area contributed by atoms with E-state index in [0.717, 1.165) is 36.1 Å². The molecule has 0 saturated carbocycles. The van der Waals surface area contributed by atoms with Crippen LogP contribution in [0.3, 0.4) is 0 Å². The highest BCUT2D eigenvalue weighted by Gasteiger charge is 2.00. The second-order valence-corrected chi connectivity index (χ2v) is 4.50. The van der Waals surface area contributed by atoms with Gasteiger partial charge in [0.25, 0.3) is 0 Å². The van der Waals surface area contributed by atoms with Crippen molar-refractivity contribution in [3.63, 3.8) is 0 Å². The summed E-state index contributed by atoms with van der Waals surface area (Å²) in [5, 5.41) is 0.709. The molecule has 0 fully saturated rings. The Morgan fingerprint density at radius 3 is 2.87 bits per heavy atom. The van der Waals surface area contributed by atoms with Gasteiger partial charge in [-0.2, -0.15) is 0 Å². The minimum atomic E-state index is 0.709. The summed E-state index contributed by atoms with van der Waals surface area (Å²) in [6, 6.07) is 5.53. The highest BCUT2D eigenvalue weighted by molar-refractivity contribution is 9.10. The third-order valence-electron chi connectivity index (χ3n) is 1.95. The van der Waals surface area contributed by atoms with Crippen molar-refractivity contribution in [3.8, 4) is 5.75 Å². The van der Waals surface area contributed by atoms with Gasteiger partial charge in [-0.05, 0) is 53.4 Å². The molecule has 0 aliphatic rings. The molecule has 82 valence electrons. The first-order valence-corrected chi connectivity index (χ1v) is 6.10. The van der Waals surface area contributed by atoms with Crippen LogP contribution in [0, 0.1) is 0 Å². The van der Waals surface area contributed by atoms with E-state index in [9.17, 15) is 0 Å². The molecule has 0 unspecified atom stereocenters. The topological polar surface area (TPSA) is 9.23 Å². The van der Waals surface area contributed by atoms with Crippen LogP contribution in [-0.2, 0) is 0 Å². The molecule has 0 aliphatic heterocycles. The van der Waals surface area contributed by atoms with E-state index in [-0.39, 0.29) is 0 Å². The van der Waals surface area contributed by atoms with Crippen molar-refractivity contribution in [2.24, 2.45) is 0 Å². The first-order chi connectivity index (χ1) is 7.24. The maximum atomic E-state index is 5.82. The van der Waals surface area contributed by atoms with E-state index in [0.29, 0.717) is 5.02 Å². The van der Waals surface area contributed by atoms with Gasteiger partial charge >= 0.3 is 0 Å². The van der Waals surface area contributed by atoms with Gasteiger partial charge in [0.2, 0.25) is 0 Å². The number of unbranched alkanes of at least 4 members (excludes halogenated alkanes) is 2. The molecule has 3 heteroatoms. The first kappa shape index (κ1) is 12.6. The number of allylic oxidation sites excluding steroid dienone is 1. The Bertz CT molecular complexity index is 325. The van der Waals surface area contributed by atoms with Gasteiger partial charge in [-0.25, -0.2) is 0 Å². The number of halogens is 2. The number of hydrogen-bond donors (Lipinski definition) is 0. The van der Waals surface area contributed by atoms with Gasteiger partial charge in [-0.3, -0.25) is 0 Å². The number of ether oxygens (including phenoxy) is 1. The van der Waals surface area contributed by atoms with E-state index in [1.165, 1.54) is 0 Å². The van der Waals surface area contributed by atoms with Crippen LogP contribution in [0.2, 0.25) is 5.02 Å². The summed E-state index contributed by atoms with van der Waals surface area (Å²) in [6.45, 7) is 4.41. The van der Waals surface area contributed by atoms with Gasteiger partial charge in [-0.1, -0.05) is 17.7 Å². The lowest BCUT2D eigenvalue weighted by Gasteiger charge is -2.07. The summed E-state index contributed by atoms with van der Waals surface area (Å²) in [7, 11) is 0. The van der Waals surface area contributed by atoms with Crippen LogP contribution < -0.4 is 4.74 Å². The highest BCUT2D eigenvalue weighted by Crippen LogP contribution is 2.28. The lowest BCUT2D eigenvalue weighted by Crippen LogP contribution is -1.97. The fourth-order valence-corrected chi connectivity index (χ4v) is 1.96. The molecular formula is C12H14BrClO. The third kappa shape index (κ3) is 4.72. The zero-order valence-corrected chi connectivity index (χ0v) is 10.9. The maximum absolute atomic E-state index is 5.82. The zero-order chi connectivity index (χ0) is 11.1. The summed E-state index contributed by atoms with van der Waals surface area (Å²) in [6.07, 6.45) is 5.14. The largest absolute Gasteiger partial charge is 0.492 e. The molecule has 1 rings (SSSR count). The average molecular weight is 290 g/mol. The molecule has 1 aromatic carbocycles. The molecule has 0 spiro atoms. The predicted molar refractivity (Wildman–Crippen MR) is 68.7 cm³/mol. The van der Waals surface area contributed by atoms with E-state index in [4.69, 9.17) is 16.3 Å². The van der Waals surface area contributed by atoms with Crippen molar-refractivity contribution >= 4 is 27.5 Å². The molecule has 0 N–H and O–H groups in total. The van der Waals surface area contributed by atoms with Crippen LogP contribution in [0.5, 0.6) is 5.75 Å². The standard InChI is InChI=1S/C12H14BrClO/c1-2-3-4-5-8-15-12-7-6-10(14)9-11(12)13/h2,6-7,9H,1,3-5,8H2. The molecular weight excluding hydrogens is 275 g/mol. The SMILES string of the molecule is C=CCCCCOc1ccc(Cl)cc1Br. The fraction of sp³-hybridized carbons (Fsp3) is 0.333. The average Bonchev–Trinajstić information content (AvgIpc) is 2.20. The van der Waals surface area contributed by atoms with Crippen LogP contribution in [0.25, 0.3) is 0 Å². The Balaban J connectivity index is 2.34. The lowest BCUT2D eigenvalue weighted by molar-refractivity contribution is 0.305. The Morgan fingerprint density at radius 2 is 2.20 bits per heavy atom. The van der Waals surface area contributed by atoms with Gasteiger partial charge < -0.3 is 4.74 Å². The highest BCUT2D eigenvalue weighted by atomic mass is 79.9. The van der Waals surface area contributed by atoms with Crippen LogP contribution in [0.15, 0.2) is 35.3 Å². The van der Waals surface area contributed by atoms with Crippen LogP contribution >= 0.6 is 27.5 Å². The van der Waals surface area contributed by atoms with Crippen molar-refractivity contribution in [3.05, 3.63) is 40.3 Å². The van der Waals surface area contributed by atoms with E-state index >= 15 is 0 Å². The molecule has 1 nitrogen and oxygen atoms in total. The van der Waals surface area contributed by atoms with Gasteiger partial charge in [0.05, 0.1) is 11.1 Å². The molecule has 0 heterocycles. The molecule has 0 aliphatic carbocycles. The number of hydrogen-bond acceptors (Lipinski definition) is 1. The fourth-order valence-electron chi connectivity index (χ4n) is 1.17.